The van der Waals surface area contributed by atoms with Crippen LogP contribution in [0.2, 0.25) is 0 Å². The van der Waals surface area contributed by atoms with Gasteiger partial charge in [-0.05, 0) is 32.1 Å². The highest BCUT2D eigenvalue weighted by Gasteiger charge is 2.20. The third-order valence-corrected chi connectivity index (χ3v) is 8.74. The van der Waals surface area contributed by atoms with E-state index in [0.29, 0.717) is 6.42 Å². The van der Waals surface area contributed by atoms with Crippen LogP contribution in [0.5, 0.6) is 0 Å². The summed E-state index contributed by atoms with van der Waals surface area (Å²) in [5, 5.41) is 32.9. The van der Waals surface area contributed by atoms with Crippen molar-refractivity contribution in [1.29, 1.82) is 0 Å². The predicted octanol–water partition coefficient (Wildman–Crippen LogP) is 10.3. The lowest BCUT2D eigenvalue weighted by molar-refractivity contribution is -0.124. The number of hydrogen-bond acceptors (Lipinski definition) is 4. The van der Waals surface area contributed by atoms with Crippen molar-refractivity contribution in [1.82, 2.24) is 5.32 Å². The molecule has 0 spiro atoms. The van der Waals surface area contributed by atoms with Crippen LogP contribution >= 0.6 is 0 Å². The van der Waals surface area contributed by atoms with E-state index in [-0.39, 0.29) is 18.9 Å². The molecular weight excluding hydrogens is 546 g/mol. The van der Waals surface area contributed by atoms with E-state index in [1.807, 2.05) is 6.08 Å². The summed E-state index contributed by atoms with van der Waals surface area (Å²) in [6.07, 6.45) is 40.5. The fourth-order valence-corrected chi connectivity index (χ4v) is 5.77. The summed E-state index contributed by atoms with van der Waals surface area (Å²) in [6, 6.07) is -0.755. The lowest BCUT2D eigenvalue weighted by Gasteiger charge is -2.21. The minimum atomic E-state index is -0.946. The van der Waals surface area contributed by atoms with Crippen LogP contribution in [-0.4, -0.2) is 46.1 Å². The molecule has 44 heavy (non-hydrogen) atoms. The Hall–Kier alpha value is -1.17. The molecular formula is C39H75NO4. The number of rotatable bonds is 34. The maximum atomic E-state index is 12.3. The highest BCUT2D eigenvalue weighted by molar-refractivity contribution is 5.76. The molecule has 0 saturated carbocycles. The van der Waals surface area contributed by atoms with E-state index in [4.69, 9.17) is 0 Å². The van der Waals surface area contributed by atoms with Crippen molar-refractivity contribution < 1.29 is 20.1 Å². The first-order valence-corrected chi connectivity index (χ1v) is 19.1. The molecule has 3 unspecified atom stereocenters. The number of carbonyl (C=O) groups excluding carboxylic acids is 1. The Morgan fingerprint density at radius 1 is 0.568 bits per heavy atom. The predicted molar refractivity (Wildman–Crippen MR) is 190 cm³/mol. The lowest BCUT2D eigenvalue weighted by Crippen LogP contribution is -2.45. The standard InChI is InChI=1S/C39H75NO4/c1-3-5-7-9-11-12-13-14-15-16-17-18-19-20-21-22-23-24-25-27-29-31-33-38(43)37(35-41)40-39(44)34-36(42)32-30-28-26-10-8-6-4-2/h24-25,31,33,36-38,41-43H,3-23,26-30,32,34-35H2,1-2H3,(H,40,44)/b25-24+,33-31+. The third kappa shape index (κ3) is 30.8. The summed E-state index contributed by atoms with van der Waals surface area (Å²) < 4.78 is 0. The zero-order valence-corrected chi connectivity index (χ0v) is 29.3. The van der Waals surface area contributed by atoms with Crippen LogP contribution in [0, 0.1) is 0 Å². The topological polar surface area (TPSA) is 89.8 Å². The maximum Gasteiger partial charge on any atom is 0.222 e. The van der Waals surface area contributed by atoms with Gasteiger partial charge in [0.15, 0.2) is 0 Å². The SMILES string of the molecule is CCCCCCCCCCCCCCCCCC/C=C/CC/C=C/C(O)C(CO)NC(=O)CC(O)CCCCCCCCC. The van der Waals surface area contributed by atoms with Gasteiger partial charge in [-0.1, -0.05) is 179 Å². The summed E-state index contributed by atoms with van der Waals surface area (Å²) in [6.45, 7) is 4.15. The zero-order valence-electron chi connectivity index (χ0n) is 29.3. The van der Waals surface area contributed by atoms with Crippen LogP contribution in [0.4, 0.5) is 0 Å². The molecule has 0 fully saturated rings. The van der Waals surface area contributed by atoms with Crippen LogP contribution in [0.3, 0.4) is 0 Å². The smallest absolute Gasteiger partial charge is 0.222 e. The Kier molecular flexibility index (Phi) is 33.8. The highest BCUT2D eigenvalue weighted by atomic mass is 16.3. The average molecular weight is 622 g/mol. The average Bonchev–Trinajstić information content (AvgIpc) is 3.01. The molecule has 0 aliphatic carbocycles. The molecule has 0 aromatic rings. The molecule has 0 rings (SSSR count). The second kappa shape index (κ2) is 34.7. The van der Waals surface area contributed by atoms with Crippen molar-refractivity contribution in [3.8, 4) is 0 Å². The number of aliphatic hydroxyl groups excluding tert-OH is 3. The number of carbonyl (C=O) groups is 1. The number of unbranched alkanes of at least 4 members (excludes halogenated alkanes) is 23. The van der Waals surface area contributed by atoms with Gasteiger partial charge < -0.3 is 20.6 Å². The number of nitrogens with one attached hydrogen (secondary N) is 1. The van der Waals surface area contributed by atoms with Crippen LogP contribution < -0.4 is 5.32 Å². The normalized spacial score (nSPS) is 14.0. The van der Waals surface area contributed by atoms with Gasteiger partial charge in [0.1, 0.15) is 0 Å². The molecule has 0 aliphatic heterocycles. The van der Waals surface area contributed by atoms with Gasteiger partial charge in [-0.3, -0.25) is 4.79 Å². The van der Waals surface area contributed by atoms with Crippen molar-refractivity contribution in [3.05, 3.63) is 24.3 Å². The van der Waals surface area contributed by atoms with Crippen molar-refractivity contribution >= 4 is 5.91 Å². The van der Waals surface area contributed by atoms with Crippen LogP contribution in [-0.2, 0) is 4.79 Å². The van der Waals surface area contributed by atoms with Crippen LogP contribution in [0.1, 0.15) is 194 Å². The molecule has 0 bridgehead atoms. The lowest BCUT2D eigenvalue weighted by atomic mass is 10.0. The van der Waals surface area contributed by atoms with Gasteiger partial charge in [0.2, 0.25) is 5.91 Å². The first kappa shape index (κ1) is 42.8. The van der Waals surface area contributed by atoms with E-state index in [0.717, 1.165) is 32.1 Å². The first-order chi connectivity index (χ1) is 21.5. The van der Waals surface area contributed by atoms with E-state index < -0.39 is 18.2 Å². The molecule has 0 aromatic carbocycles. The quantitative estimate of drug-likeness (QED) is 0.0425. The van der Waals surface area contributed by atoms with Crippen LogP contribution in [0.25, 0.3) is 0 Å². The second-order valence-corrected chi connectivity index (χ2v) is 13.2. The zero-order chi connectivity index (χ0) is 32.4. The second-order valence-electron chi connectivity index (χ2n) is 13.2. The Labute approximate surface area is 273 Å². The van der Waals surface area contributed by atoms with E-state index in [9.17, 15) is 20.1 Å². The van der Waals surface area contributed by atoms with Crippen molar-refractivity contribution in [2.24, 2.45) is 0 Å². The van der Waals surface area contributed by atoms with Gasteiger partial charge in [-0.25, -0.2) is 0 Å². The molecule has 3 atom stereocenters. The first-order valence-electron chi connectivity index (χ1n) is 19.1. The number of hydrogen-bond donors (Lipinski definition) is 4. The minimum absolute atomic E-state index is 0.00691. The van der Waals surface area contributed by atoms with E-state index in [2.05, 4.69) is 31.3 Å². The Morgan fingerprint density at radius 3 is 1.45 bits per heavy atom. The van der Waals surface area contributed by atoms with Gasteiger partial charge in [0, 0.05) is 0 Å². The van der Waals surface area contributed by atoms with Crippen molar-refractivity contribution in [2.45, 2.75) is 212 Å². The fourth-order valence-electron chi connectivity index (χ4n) is 5.77. The van der Waals surface area contributed by atoms with Gasteiger partial charge in [-0.15, -0.1) is 0 Å². The number of aliphatic hydroxyl groups is 3. The highest BCUT2D eigenvalue weighted by Crippen LogP contribution is 2.15. The van der Waals surface area contributed by atoms with Gasteiger partial charge in [-0.2, -0.15) is 0 Å². The minimum Gasteiger partial charge on any atom is -0.394 e. The maximum absolute atomic E-state index is 12.3. The monoisotopic (exact) mass is 622 g/mol. The van der Waals surface area contributed by atoms with Crippen molar-refractivity contribution in [3.63, 3.8) is 0 Å². The molecule has 0 aromatic heterocycles. The summed E-state index contributed by atoms with van der Waals surface area (Å²) in [5.41, 5.74) is 0. The molecule has 5 nitrogen and oxygen atoms in total. The Bertz CT molecular complexity index is 650. The fraction of sp³-hybridized carbons (Fsp3) is 0.872. The van der Waals surface area contributed by atoms with Gasteiger partial charge in [0.05, 0.1) is 31.3 Å². The van der Waals surface area contributed by atoms with Gasteiger partial charge >= 0.3 is 0 Å². The molecule has 260 valence electrons. The molecule has 0 aliphatic rings. The molecule has 4 N–H and O–H groups in total. The molecule has 0 heterocycles. The summed E-state index contributed by atoms with van der Waals surface area (Å²) in [5.74, 6) is -0.330. The summed E-state index contributed by atoms with van der Waals surface area (Å²) in [4.78, 5) is 12.3. The van der Waals surface area contributed by atoms with Gasteiger partial charge in [0.25, 0.3) is 0 Å². The molecule has 1 amide bonds. The molecule has 5 heteroatoms. The molecule has 0 radical (unpaired) electrons. The van der Waals surface area contributed by atoms with E-state index in [1.165, 1.54) is 135 Å². The van der Waals surface area contributed by atoms with Crippen molar-refractivity contribution in [2.75, 3.05) is 6.61 Å². The number of allylic oxidation sites excluding steroid dienone is 3. The van der Waals surface area contributed by atoms with E-state index >= 15 is 0 Å². The Balaban J connectivity index is 3.68. The number of amides is 1. The largest absolute Gasteiger partial charge is 0.394 e. The van der Waals surface area contributed by atoms with Crippen LogP contribution in [0.15, 0.2) is 24.3 Å². The Morgan fingerprint density at radius 2 is 0.977 bits per heavy atom. The van der Waals surface area contributed by atoms with E-state index in [1.54, 1.807) is 6.08 Å². The summed E-state index contributed by atoms with van der Waals surface area (Å²) >= 11 is 0. The third-order valence-electron chi connectivity index (χ3n) is 8.74. The molecule has 0 saturated heterocycles. The summed E-state index contributed by atoms with van der Waals surface area (Å²) in [7, 11) is 0.